The van der Waals surface area contributed by atoms with Crippen LogP contribution in [0.25, 0.3) is 0 Å². The van der Waals surface area contributed by atoms with Crippen molar-refractivity contribution in [2.45, 2.75) is 31.4 Å². The Bertz CT molecular complexity index is 133. The molecular formula is C5H12Cl2O4Si. The molecular weight excluding hydrogens is 223 g/mol. The number of hydrogen-bond donors (Lipinski definition) is 2. The van der Waals surface area contributed by atoms with Crippen LogP contribution in [0.1, 0.15) is 20.3 Å². The van der Waals surface area contributed by atoms with Crippen molar-refractivity contribution in [1.29, 1.82) is 0 Å². The Morgan fingerprint density at radius 1 is 1.33 bits per heavy atom. The molecule has 0 aromatic rings. The fourth-order valence-corrected chi connectivity index (χ4v) is 2.16. The van der Waals surface area contributed by atoms with E-state index in [9.17, 15) is 0 Å². The fourth-order valence-electron chi connectivity index (χ4n) is 0.489. The first-order valence-electron chi connectivity index (χ1n) is 3.46. The molecule has 7 heteroatoms. The van der Waals surface area contributed by atoms with Crippen LogP contribution < -0.4 is 0 Å². The standard InChI is InChI=1S/C5H12Cl2O4Si/c1-3-5(7)11-12(8,9)10-4(2)6/h4-5,8-9H,3H2,1-2H3. The molecule has 2 N–H and O–H groups in total. The lowest BCUT2D eigenvalue weighted by Crippen LogP contribution is -2.46. The highest BCUT2D eigenvalue weighted by molar-refractivity contribution is 6.51. The first kappa shape index (κ1) is 12.6. The molecule has 0 heterocycles. The highest BCUT2D eigenvalue weighted by Gasteiger charge is 2.40. The van der Waals surface area contributed by atoms with Gasteiger partial charge in [-0.3, -0.25) is 0 Å². The molecule has 0 saturated carbocycles. The van der Waals surface area contributed by atoms with E-state index in [0.29, 0.717) is 6.42 Å². The summed E-state index contributed by atoms with van der Waals surface area (Å²) in [5.74, 6) is 0. The van der Waals surface area contributed by atoms with Gasteiger partial charge in [-0.1, -0.05) is 30.1 Å². The van der Waals surface area contributed by atoms with Gasteiger partial charge in [-0.05, 0) is 13.3 Å². The predicted molar refractivity (Wildman–Crippen MR) is 47.6 cm³/mol. The van der Waals surface area contributed by atoms with E-state index in [-0.39, 0.29) is 0 Å². The van der Waals surface area contributed by atoms with Gasteiger partial charge in [0.15, 0.2) is 0 Å². The van der Waals surface area contributed by atoms with Crippen LogP contribution in [0.3, 0.4) is 0 Å². The van der Waals surface area contributed by atoms with Gasteiger partial charge < -0.3 is 18.4 Å². The molecule has 0 aliphatic carbocycles. The summed E-state index contributed by atoms with van der Waals surface area (Å²) in [5, 5.41) is 0. The fraction of sp³-hybridized carbons (Fsp3) is 1.00. The number of rotatable bonds is 5. The lowest BCUT2D eigenvalue weighted by atomic mass is 10.5. The smallest absolute Gasteiger partial charge is 0.367 e. The topological polar surface area (TPSA) is 58.9 Å². The van der Waals surface area contributed by atoms with Crippen LogP contribution >= 0.6 is 23.2 Å². The summed E-state index contributed by atoms with van der Waals surface area (Å²) in [7, 11) is -4.11. The van der Waals surface area contributed by atoms with Gasteiger partial charge in [-0.25, -0.2) is 0 Å². The van der Waals surface area contributed by atoms with Crippen molar-refractivity contribution in [2.24, 2.45) is 0 Å². The zero-order valence-electron chi connectivity index (χ0n) is 6.83. The molecule has 2 atom stereocenters. The summed E-state index contributed by atoms with van der Waals surface area (Å²) in [4.78, 5) is 18.1. The second-order valence-electron chi connectivity index (χ2n) is 2.15. The zero-order valence-corrected chi connectivity index (χ0v) is 9.34. The molecule has 0 aromatic carbocycles. The maximum Gasteiger partial charge on any atom is 0.676 e. The third-order valence-corrected chi connectivity index (χ3v) is 2.96. The van der Waals surface area contributed by atoms with E-state index in [2.05, 4.69) is 8.85 Å². The molecule has 0 aliphatic rings. The van der Waals surface area contributed by atoms with E-state index in [1.807, 2.05) is 0 Å². The van der Waals surface area contributed by atoms with Gasteiger partial charge in [-0.2, -0.15) is 0 Å². The summed E-state index contributed by atoms with van der Waals surface area (Å²) in [6.45, 7) is 3.20. The van der Waals surface area contributed by atoms with Crippen LogP contribution in [0, 0.1) is 0 Å². The second kappa shape index (κ2) is 5.38. The van der Waals surface area contributed by atoms with Crippen molar-refractivity contribution in [1.82, 2.24) is 0 Å². The average Bonchev–Trinajstić information content (AvgIpc) is 1.83. The van der Waals surface area contributed by atoms with Crippen LogP contribution in [0.4, 0.5) is 0 Å². The Kier molecular flexibility index (Phi) is 5.67. The zero-order chi connectivity index (χ0) is 9.78. The highest BCUT2D eigenvalue weighted by atomic mass is 35.5. The quantitative estimate of drug-likeness (QED) is 0.551. The normalized spacial score (nSPS) is 17.5. The van der Waals surface area contributed by atoms with Crippen molar-refractivity contribution in [2.75, 3.05) is 0 Å². The van der Waals surface area contributed by atoms with E-state index in [1.54, 1.807) is 6.92 Å². The molecule has 0 amide bonds. The molecule has 2 unspecified atom stereocenters. The lowest BCUT2D eigenvalue weighted by molar-refractivity contribution is 0.00829. The Labute approximate surface area is 82.5 Å². The van der Waals surface area contributed by atoms with Crippen molar-refractivity contribution >= 4 is 32.2 Å². The van der Waals surface area contributed by atoms with Crippen LogP contribution in [-0.2, 0) is 8.85 Å². The number of alkyl halides is 2. The van der Waals surface area contributed by atoms with Gasteiger partial charge in [0.2, 0.25) is 0 Å². The summed E-state index contributed by atoms with van der Waals surface area (Å²) in [6, 6.07) is 0. The molecule has 0 rings (SSSR count). The van der Waals surface area contributed by atoms with Crippen LogP contribution in [0.15, 0.2) is 0 Å². The Hall–Kier alpha value is 0.637. The summed E-state index contributed by atoms with van der Waals surface area (Å²) >= 11 is 10.9. The monoisotopic (exact) mass is 234 g/mol. The van der Waals surface area contributed by atoms with Crippen molar-refractivity contribution in [3.8, 4) is 0 Å². The minimum atomic E-state index is -4.11. The molecule has 0 saturated heterocycles. The molecule has 0 spiro atoms. The first-order valence-corrected chi connectivity index (χ1v) is 6.04. The molecule has 74 valence electrons. The Morgan fingerprint density at radius 2 is 1.83 bits per heavy atom. The van der Waals surface area contributed by atoms with Gasteiger partial charge in [0.05, 0.1) is 0 Å². The van der Waals surface area contributed by atoms with Crippen molar-refractivity contribution in [3.63, 3.8) is 0 Å². The Morgan fingerprint density at radius 3 is 2.17 bits per heavy atom. The van der Waals surface area contributed by atoms with E-state index < -0.39 is 20.2 Å². The van der Waals surface area contributed by atoms with Crippen LogP contribution in [-0.4, -0.2) is 29.8 Å². The first-order chi connectivity index (χ1) is 5.37. The Balaban J connectivity index is 3.85. The third-order valence-electron chi connectivity index (χ3n) is 0.918. The number of halogens is 2. The average molecular weight is 235 g/mol. The highest BCUT2D eigenvalue weighted by Crippen LogP contribution is 2.12. The van der Waals surface area contributed by atoms with Gasteiger partial charge in [0, 0.05) is 0 Å². The summed E-state index contributed by atoms with van der Waals surface area (Å²) in [6.07, 6.45) is 0.456. The van der Waals surface area contributed by atoms with Crippen molar-refractivity contribution < 1.29 is 18.4 Å². The number of hydrogen-bond acceptors (Lipinski definition) is 4. The van der Waals surface area contributed by atoms with Gasteiger partial charge in [0.25, 0.3) is 0 Å². The minimum Gasteiger partial charge on any atom is -0.367 e. The molecule has 4 nitrogen and oxygen atoms in total. The molecule has 0 fully saturated rings. The van der Waals surface area contributed by atoms with E-state index in [0.717, 1.165) is 0 Å². The van der Waals surface area contributed by atoms with Gasteiger partial charge in [0.1, 0.15) is 11.1 Å². The van der Waals surface area contributed by atoms with E-state index in [1.165, 1.54) is 6.92 Å². The minimum absolute atomic E-state index is 0.456. The van der Waals surface area contributed by atoms with E-state index in [4.69, 9.17) is 32.8 Å². The maximum atomic E-state index is 9.07. The SMILES string of the molecule is CCC(Cl)O[Si](O)(O)OC(C)Cl. The van der Waals surface area contributed by atoms with Crippen LogP contribution in [0.5, 0.6) is 0 Å². The lowest BCUT2D eigenvalue weighted by Gasteiger charge is -2.20. The molecule has 0 radical (unpaired) electrons. The third kappa shape index (κ3) is 6.19. The van der Waals surface area contributed by atoms with Gasteiger partial charge in [-0.15, -0.1) is 0 Å². The molecule has 0 bridgehead atoms. The molecule has 0 aliphatic heterocycles. The maximum absolute atomic E-state index is 9.07. The summed E-state index contributed by atoms with van der Waals surface area (Å²) < 4.78 is 9.13. The van der Waals surface area contributed by atoms with Crippen molar-refractivity contribution in [3.05, 3.63) is 0 Å². The largest absolute Gasteiger partial charge is 0.676 e. The molecule has 0 aromatic heterocycles. The van der Waals surface area contributed by atoms with Crippen LogP contribution in [0.2, 0.25) is 0 Å². The molecule has 12 heavy (non-hydrogen) atoms. The summed E-state index contributed by atoms with van der Waals surface area (Å²) in [5.41, 5.74) is -1.57. The van der Waals surface area contributed by atoms with Gasteiger partial charge >= 0.3 is 9.05 Å². The van der Waals surface area contributed by atoms with E-state index >= 15 is 0 Å². The predicted octanol–water partition coefficient (Wildman–Crippen LogP) is 0.999. The second-order valence-corrected chi connectivity index (χ2v) is 4.82.